The molecule has 0 bridgehead atoms. The molecule has 1 aliphatic rings. The minimum Gasteiger partial charge on any atom is -0.493 e. The maximum absolute atomic E-state index is 14.3. The molecule has 1 aromatic carbocycles. The first-order valence-corrected chi connectivity index (χ1v) is 18.3. The summed E-state index contributed by atoms with van der Waals surface area (Å²) >= 11 is 1.66. The van der Waals surface area contributed by atoms with E-state index in [0.717, 1.165) is 12.8 Å². The molecule has 0 saturated carbocycles. The maximum atomic E-state index is 14.3. The average Bonchev–Trinajstić information content (AvgIpc) is 3.49. The Morgan fingerprint density at radius 1 is 1.24 bits per heavy atom. The highest BCUT2D eigenvalue weighted by Crippen LogP contribution is 2.39. The molecule has 0 fully saturated rings. The largest absolute Gasteiger partial charge is 0.493 e. The van der Waals surface area contributed by atoms with Crippen molar-refractivity contribution in [3.63, 3.8) is 0 Å². The van der Waals surface area contributed by atoms with Crippen LogP contribution in [0, 0.1) is 0 Å². The molecule has 42 heavy (non-hydrogen) atoms. The maximum Gasteiger partial charge on any atom is 0.411 e. The first kappa shape index (κ1) is 33.4. The summed E-state index contributed by atoms with van der Waals surface area (Å²) in [4.78, 5) is 28.8. The molecule has 1 N–H and O–H groups in total. The Labute approximate surface area is 255 Å². The molecule has 1 aromatic heterocycles. The number of benzene rings is 1. The van der Waals surface area contributed by atoms with Gasteiger partial charge in [-0.3, -0.25) is 10.1 Å². The molecule has 0 spiro atoms. The van der Waals surface area contributed by atoms with E-state index in [1.54, 1.807) is 23.5 Å². The Balaban J connectivity index is 2.01. The summed E-state index contributed by atoms with van der Waals surface area (Å²) in [5.41, 5.74) is 2.95. The topological polar surface area (TPSA) is 86.3 Å². The lowest BCUT2D eigenvalue weighted by atomic mass is 9.95. The highest BCUT2D eigenvalue weighted by Gasteiger charge is 2.39. The molecule has 0 saturated heterocycles. The van der Waals surface area contributed by atoms with Crippen LogP contribution in [0.3, 0.4) is 0 Å². The van der Waals surface area contributed by atoms with Crippen molar-refractivity contribution >= 4 is 42.9 Å². The predicted molar refractivity (Wildman–Crippen MR) is 173 cm³/mol. The van der Waals surface area contributed by atoms with Crippen LogP contribution in [0.4, 0.5) is 10.5 Å². The normalized spacial score (nSPS) is 15.5. The number of methoxy groups -OCH3 is 1. The molecule has 1 atom stereocenters. The summed E-state index contributed by atoms with van der Waals surface area (Å²) in [6, 6.07) is 5.18. The van der Waals surface area contributed by atoms with Crippen molar-refractivity contribution in [2.75, 3.05) is 38.8 Å². The van der Waals surface area contributed by atoms with E-state index in [2.05, 4.69) is 75.6 Å². The summed E-state index contributed by atoms with van der Waals surface area (Å²) in [6.07, 6.45) is 5.38. The fourth-order valence-corrected chi connectivity index (χ4v) is 6.00. The van der Waals surface area contributed by atoms with Crippen LogP contribution in [0.2, 0.25) is 18.1 Å². The molecule has 0 unspecified atom stereocenters. The van der Waals surface area contributed by atoms with Crippen molar-refractivity contribution < 1.29 is 28.2 Å². The summed E-state index contributed by atoms with van der Waals surface area (Å²) in [6.45, 7) is 18.1. The molecule has 2 aromatic rings. The van der Waals surface area contributed by atoms with E-state index in [0.29, 0.717) is 37.7 Å². The zero-order valence-corrected chi connectivity index (χ0v) is 27.9. The molecule has 8 nitrogen and oxygen atoms in total. The molecule has 3 rings (SSSR count). The van der Waals surface area contributed by atoms with Crippen LogP contribution in [-0.2, 0) is 9.16 Å². The summed E-state index contributed by atoms with van der Waals surface area (Å²) in [5.74, 6) is 0.620. The van der Waals surface area contributed by atoms with Gasteiger partial charge < -0.3 is 23.5 Å². The second-order valence-electron chi connectivity index (χ2n) is 11.9. The number of carbonyl (C=O) groups is 2. The third-order valence-corrected chi connectivity index (χ3v) is 13.1. The molecule has 0 aliphatic carbocycles. The van der Waals surface area contributed by atoms with Crippen molar-refractivity contribution in [3.8, 4) is 11.5 Å². The second kappa shape index (κ2) is 14.9. The number of anilines is 1. The Kier molecular flexibility index (Phi) is 11.8. The van der Waals surface area contributed by atoms with Gasteiger partial charge in [-0.1, -0.05) is 52.8 Å². The fraction of sp³-hybridized carbons (Fsp3) is 0.500. The van der Waals surface area contributed by atoms with Gasteiger partial charge in [-0.15, -0.1) is 0 Å². The van der Waals surface area contributed by atoms with Gasteiger partial charge in [0.15, 0.2) is 19.8 Å². The Morgan fingerprint density at radius 3 is 2.62 bits per heavy atom. The SMILES string of the molecule is C=CCOC(=O)Nc1cc(OCCCC)c(OC)cc1C(=O)N1CC=C(c2ccsc2)C[C@H]1CO[Si](C)(C)C(C)(C)C. The van der Waals surface area contributed by atoms with Crippen molar-refractivity contribution in [2.45, 2.75) is 71.1 Å². The van der Waals surface area contributed by atoms with Gasteiger partial charge in [0.1, 0.15) is 6.61 Å². The molecule has 2 amide bonds. The minimum atomic E-state index is -2.08. The van der Waals surface area contributed by atoms with Gasteiger partial charge in [0.25, 0.3) is 5.91 Å². The zero-order valence-electron chi connectivity index (χ0n) is 26.1. The number of thiophene rings is 1. The molecular formula is C32H46N2O6SSi. The van der Waals surface area contributed by atoms with Gasteiger partial charge in [-0.2, -0.15) is 11.3 Å². The van der Waals surface area contributed by atoms with Crippen molar-refractivity contribution in [3.05, 3.63) is 58.8 Å². The number of hydrogen-bond donors (Lipinski definition) is 1. The Bertz CT molecular complexity index is 1250. The highest BCUT2D eigenvalue weighted by molar-refractivity contribution is 7.08. The van der Waals surface area contributed by atoms with Crippen LogP contribution < -0.4 is 14.8 Å². The van der Waals surface area contributed by atoms with E-state index in [1.165, 1.54) is 24.3 Å². The Morgan fingerprint density at radius 2 is 2.00 bits per heavy atom. The summed E-state index contributed by atoms with van der Waals surface area (Å²) in [5, 5.41) is 6.97. The molecular weight excluding hydrogens is 569 g/mol. The van der Waals surface area contributed by atoms with Gasteiger partial charge in [0.05, 0.1) is 37.6 Å². The zero-order chi connectivity index (χ0) is 30.9. The number of rotatable bonds is 13. The van der Waals surface area contributed by atoms with Crippen LogP contribution >= 0.6 is 11.3 Å². The molecule has 2 heterocycles. The lowest BCUT2D eigenvalue weighted by Gasteiger charge is -2.41. The smallest absolute Gasteiger partial charge is 0.411 e. The number of amides is 2. The summed E-state index contributed by atoms with van der Waals surface area (Å²) < 4.78 is 23.4. The van der Waals surface area contributed by atoms with Crippen LogP contribution in [0.5, 0.6) is 11.5 Å². The number of nitrogens with one attached hydrogen (secondary N) is 1. The molecule has 1 aliphatic heterocycles. The van der Waals surface area contributed by atoms with E-state index >= 15 is 0 Å². The molecule has 10 heteroatoms. The summed E-state index contributed by atoms with van der Waals surface area (Å²) in [7, 11) is -0.542. The number of carbonyl (C=O) groups excluding carboxylic acids is 2. The first-order chi connectivity index (χ1) is 19.9. The molecule has 230 valence electrons. The lowest BCUT2D eigenvalue weighted by Crippen LogP contribution is -2.49. The number of unbranched alkanes of at least 4 members (excludes halogenated alkanes) is 1. The minimum absolute atomic E-state index is 0.0341. The monoisotopic (exact) mass is 614 g/mol. The van der Waals surface area contributed by atoms with Gasteiger partial charge in [0, 0.05) is 12.6 Å². The van der Waals surface area contributed by atoms with E-state index in [9.17, 15) is 9.59 Å². The lowest BCUT2D eigenvalue weighted by molar-refractivity contribution is 0.0627. The number of hydrogen-bond acceptors (Lipinski definition) is 7. The van der Waals surface area contributed by atoms with Crippen LogP contribution in [0.1, 0.15) is 62.9 Å². The van der Waals surface area contributed by atoms with Gasteiger partial charge in [-0.25, -0.2) is 4.79 Å². The number of nitrogens with zero attached hydrogens (tertiary/aromatic N) is 1. The number of ether oxygens (including phenoxy) is 3. The van der Waals surface area contributed by atoms with Gasteiger partial charge in [0.2, 0.25) is 0 Å². The van der Waals surface area contributed by atoms with Crippen LogP contribution in [0.15, 0.2) is 47.7 Å². The van der Waals surface area contributed by atoms with Crippen molar-refractivity contribution in [2.24, 2.45) is 0 Å². The van der Waals surface area contributed by atoms with Crippen molar-refractivity contribution in [1.29, 1.82) is 0 Å². The molecule has 0 radical (unpaired) electrons. The van der Waals surface area contributed by atoms with Crippen LogP contribution in [0.25, 0.3) is 5.57 Å². The van der Waals surface area contributed by atoms with E-state index in [-0.39, 0.29) is 34.8 Å². The highest BCUT2D eigenvalue weighted by atomic mass is 32.1. The van der Waals surface area contributed by atoms with Crippen molar-refractivity contribution in [1.82, 2.24) is 4.90 Å². The average molecular weight is 615 g/mol. The van der Waals surface area contributed by atoms with Gasteiger partial charge >= 0.3 is 6.09 Å². The Hall–Kier alpha value is -3.08. The van der Waals surface area contributed by atoms with E-state index < -0.39 is 14.4 Å². The standard InChI is InChI=1S/C32H46N2O6SSi/c1-9-11-16-38-29-20-27(33-31(36)39-15-10-2)26(19-28(29)37-6)30(35)34-14-12-23(24-13-17-41-22-24)18-25(34)21-40-42(7,8)32(3,4)5/h10,12-13,17,19-20,22,25H,2,9,11,14-16,18,21H2,1,3-8H3,(H,33,36)/t25-/m0/s1. The third kappa shape index (κ3) is 8.49. The first-order valence-electron chi connectivity index (χ1n) is 14.5. The van der Waals surface area contributed by atoms with Gasteiger partial charge in [-0.05, 0) is 65.0 Å². The quantitative estimate of drug-likeness (QED) is 0.140. The third-order valence-electron chi connectivity index (χ3n) is 7.88. The van der Waals surface area contributed by atoms with E-state index in [1.807, 2.05) is 4.90 Å². The van der Waals surface area contributed by atoms with E-state index in [4.69, 9.17) is 18.6 Å². The van der Waals surface area contributed by atoms with Crippen LogP contribution in [-0.4, -0.2) is 64.7 Å². The fourth-order valence-electron chi connectivity index (χ4n) is 4.28. The predicted octanol–water partition coefficient (Wildman–Crippen LogP) is 7.99. The second-order valence-corrected chi connectivity index (χ2v) is 17.5.